The molecule has 0 aliphatic carbocycles. The normalized spacial score (nSPS) is 15.6. The van der Waals surface area contributed by atoms with E-state index in [1.807, 2.05) is 31.2 Å². The van der Waals surface area contributed by atoms with Gasteiger partial charge in [-0.15, -0.1) is 11.3 Å². The first-order chi connectivity index (χ1) is 15.4. The molecule has 4 aromatic rings. The Morgan fingerprint density at radius 1 is 1.31 bits per heavy atom. The van der Waals surface area contributed by atoms with Gasteiger partial charge in [0.2, 0.25) is 0 Å². The predicted octanol–water partition coefficient (Wildman–Crippen LogP) is 4.31. The lowest BCUT2D eigenvalue weighted by Gasteiger charge is -2.12. The van der Waals surface area contributed by atoms with E-state index in [0.717, 1.165) is 26.7 Å². The molecule has 2 atom stereocenters. The monoisotopic (exact) mass is 484 g/mol. The number of anilines is 3. The fourth-order valence-electron chi connectivity index (χ4n) is 3.73. The molecule has 0 saturated heterocycles. The molecule has 2 amide bonds. The molecule has 0 radical (unpaired) electrons. The van der Waals surface area contributed by atoms with Crippen LogP contribution in [0.2, 0.25) is 5.15 Å². The Kier molecular flexibility index (Phi) is 5.33. The Bertz CT molecular complexity index is 1410. The van der Waals surface area contributed by atoms with E-state index in [-0.39, 0.29) is 23.0 Å². The zero-order valence-electron chi connectivity index (χ0n) is 16.8. The third-order valence-electron chi connectivity index (χ3n) is 5.20. The average molecular weight is 485 g/mol. The van der Waals surface area contributed by atoms with Gasteiger partial charge in [-0.3, -0.25) is 9.59 Å². The van der Waals surface area contributed by atoms with Crippen molar-refractivity contribution in [3.05, 3.63) is 52.1 Å². The lowest BCUT2D eigenvalue weighted by Crippen LogP contribution is -2.34. The van der Waals surface area contributed by atoms with Crippen molar-refractivity contribution in [3.8, 4) is 0 Å². The van der Waals surface area contributed by atoms with Crippen LogP contribution in [0.1, 0.15) is 27.0 Å². The van der Waals surface area contributed by atoms with Crippen LogP contribution in [-0.2, 0) is 0 Å². The molecule has 1 unspecified atom stereocenters. The first kappa shape index (κ1) is 20.9. The molecule has 4 heterocycles. The van der Waals surface area contributed by atoms with Crippen LogP contribution in [0.15, 0.2) is 36.5 Å². The number of hydrogen-bond donors (Lipinski definition) is 4. The Labute approximate surface area is 194 Å². The molecule has 0 fully saturated rings. The van der Waals surface area contributed by atoms with Crippen LogP contribution in [-0.4, -0.2) is 34.4 Å². The van der Waals surface area contributed by atoms with Crippen molar-refractivity contribution < 1.29 is 9.59 Å². The van der Waals surface area contributed by atoms with Gasteiger partial charge in [0.15, 0.2) is 0 Å². The van der Waals surface area contributed by atoms with E-state index in [1.54, 1.807) is 6.07 Å². The molecule has 3 aromatic heterocycles. The number of nitrogens with one attached hydrogen (secondary N) is 4. The van der Waals surface area contributed by atoms with Gasteiger partial charge >= 0.3 is 0 Å². The molecule has 162 valence electrons. The summed E-state index contributed by atoms with van der Waals surface area (Å²) in [4.78, 5) is 34.2. The van der Waals surface area contributed by atoms with Crippen molar-refractivity contribution >= 4 is 82.3 Å². The van der Waals surface area contributed by atoms with Gasteiger partial charge in [0.05, 0.1) is 22.5 Å². The summed E-state index contributed by atoms with van der Waals surface area (Å²) in [6.07, 6.45) is 1.41. The summed E-state index contributed by atoms with van der Waals surface area (Å²) < 4.78 is 1.02. The predicted molar refractivity (Wildman–Crippen MR) is 132 cm³/mol. The van der Waals surface area contributed by atoms with E-state index in [2.05, 4.69) is 35.4 Å². The SMILES string of the molecule is C[C@@H]1CNc2c(sc3ccc4nc(Nc5cc(Cl)ncc5C(=O)NP)ccc4c23)C(=O)N1. The van der Waals surface area contributed by atoms with Gasteiger partial charge in [-0.1, -0.05) is 11.6 Å². The topological polar surface area (TPSA) is 108 Å². The van der Waals surface area contributed by atoms with Crippen LogP contribution in [0.5, 0.6) is 0 Å². The highest BCUT2D eigenvalue weighted by Gasteiger charge is 2.24. The van der Waals surface area contributed by atoms with E-state index in [9.17, 15) is 9.59 Å². The maximum Gasteiger partial charge on any atom is 0.263 e. The molecule has 1 aliphatic heterocycles. The lowest BCUT2D eigenvalue weighted by molar-refractivity contribution is 0.0947. The first-order valence-electron chi connectivity index (χ1n) is 9.79. The van der Waals surface area contributed by atoms with Gasteiger partial charge in [-0.2, -0.15) is 0 Å². The van der Waals surface area contributed by atoms with Crippen molar-refractivity contribution in [2.45, 2.75) is 13.0 Å². The number of rotatable bonds is 3. The van der Waals surface area contributed by atoms with Crippen molar-refractivity contribution in [1.29, 1.82) is 0 Å². The number of nitrogens with zero attached hydrogens (tertiary/aromatic N) is 2. The first-order valence-corrected chi connectivity index (χ1v) is 11.6. The summed E-state index contributed by atoms with van der Waals surface area (Å²) in [6.45, 7) is 2.62. The zero-order valence-corrected chi connectivity index (χ0v) is 19.6. The summed E-state index contributed by atoms with van der Waals surface area (Å²) in [5, 5.41) is 14.3. The number of hydrogen-bond acceptors (Lipinski definition) is 7. The lowest BCUT2D eigenvalue weighted by atomic mass is 10.1. The fraction of sp³-hybridized carbons (Fsp3) is 0.143. The average Bonchev–Trinajstić information content (AvgIpc) is 3.10. The third kappa shape index (κ3) is 3.62. The summed E-state index contributed by atoms with van der Waals surface area (Å²) in [5.41, 5.74) is 2.45. The number of thiophene rings is 1. The van der Waals surface area contributed by atoms with Crippen LogP contribution in [0.4, 0.5) is 17.2 Å². The van der Waals surface area contributed by atoms with Crippen LogP contribution in [0.25, 0.3) is 21.0 Å². The van der Waals surface area contributed by atoms with Gasteiger partial charge < -0.3 is 21.0 Å². The van der Waals surface area contributed by atoms with Crippen LogP contribution < -0.4 is 21.0 Å². The number of halogens is 1. The highest BCUT2D eigenvalue weighted by atomic mass is 35.5. The summed E-state index contributed by atoms with van der Waals surface area (Å²) in [5.74, 6) is 0.175. The molecule has 5 rings (SSSR count). The number of amides is 2. The van der Waals surface area contributed by atoms with Crippen molar-refractivity contribution in [1.82, 2.24) is 20.4 Å². The number of carbonyl (C=O) groups is 2. The maximum atomic E-state index is 12.6. The number of benzene rings is 1. The molecule has 32 heavy (non-hydrogen) atoms. The molecule has 0 saturated carbocycles. The van der Waals surface area contributed by atoms with Crippen molar-refractivity contribution in [3.63, 3.8) is 0 Å². The summed E-state index contributed by atoms with van der Waals surface area (Å²) in [7, 11) is 2.17. The maximum absolute atomic E-state index is 12.6. The zero-order chi connectivity index (χ0) is 22.4. The number of aromatic nitrogens is 2. The third-order valence-corrected chi connectivity index (χ3v) is 6.82. The number of fused-ring (bicyclic) bond motifs is 5. The quantitative estimate of drug-likeness (QED) is 0.255. The molecule has 4 N–H and O–H groups in total. The minimum Gasteiger partial charge on any atom is -0.381 e. The van der Waals surface area contributed by atoms with Crippen molar-refractivity contribution in [2.24, 2.45) is 0 Å². The second kappa shape index (κ2) is 8.16. The minimum atomic E-state index is -0.316. The molecular weight excluding hydrogens is 467 g/mol. The standard InChI is InChI=1S/C21H18ClN6O2PS/c1-9-7-24-18-17-10-2-5-16(27-13-6-15(22)23-8-11(13)20(29)28-31)26-12(10)3-4-14(17)32-19(18)21(30)25-9/h2-6,8-9,24H,7,31H2,1H3,(H,25,30)(H,28,29)(H,23,26,27)/t9-/m1/s1. The largest absolute Gasteiger partial charge is 0.381 e. The van der Waals surface area contributed by atoms with Gasteiger partial charge in [0.1, 0.15) is 15.8 Å². The molecule has 0 bridgehead atoms. The molecule has 0 spiro atoms. The van der Waals surface area contributed by atoms with Crippen LogP contribution in [0, 0.1) is 0 Å². The van der Waals surface area contributed by atoms with E-state index in [0.29, 0.717) is 28.5 Å². The number of carbonyl (C=O) groups excluding carboxylic acids is 2. The van der Waals surface area contributed by atoms with Gasteiger partial charge in [-0.25, -0.2) is 9.97 Å². The molecule has 1 aliphatic rings. The second-order valence-corrected chi connectivity index (χ2v) is 9.14. The van der Waals surface area contributed by atoms with Crippen molar-refractivity contribution in [2.75, 3.05) is 17.2 Å². The van der Waals surface area contributed by atoms with Gasteiger partial charge in [0, 0.05) is 34.3 Å². The molecular formula is C21H18ClN6O2PS. The van der Waals surface area contributed by atoms with E-state index in [1.165, 1.54) is 17.5 Å². The Morgan fingerprint density at radius 3 is 2.97 bits per heavy atom. The molecule has 11 heteroatoms. The van der Waals surface area contributed by atoms with E-state index < -0.39 is 0 Å². The Balaban J connectivity index is 1.59. The Morgan fingerprint density at radius 2 is 2.16 bits per heavy atom. The number of pyridine rings is 2. The fourth-order valence-corrected chi connectivity index (χ4v) is 5.14. The smallest absolute Gasteiger partial charge is 0.263 e. The Hall–Kier alpha value is -3.00. The van der Waals surface area contributed by atoms with Crippen LogP contribution >= 0.6 is 32.3 Å². The highest BCUT2D eigenvalue weighted by Crippen LogP contribution is 2.41. The van der Waals surface area contributed by atoms with Crippen LogP contribution in [0.3, 0.4) is 0 Å². The second-order valence-electron chi connectivity index (χ2n) is 7.41. The minimum absolute atomic E-state index is 0.0427. The summed E-state index contributed by atoms with van der Waals surface area (Å²) >= 11 is 7.50. The van der Waals surface area contributed by atoms with E-state index in [4.69, 9.17) is 16.6 Å². The molecule has 8 nitrogen and oxygen atoms in total. The van der Waals surface area contributed by atoms with E-state index >= 15 is 0 Å². The van der Waals surface area contributed by atoms with Gasteiger partial charge in [0.25, 0.3) is 11.8 Å². The highest BCUT2D eigenvalue weighted by molar-refractivity contribution is 7.21. The summed E-state index contributed by atoms with van der Waals surface area (Å²) in [6, 6.07) is 9.32. The molecule has 1 aromatic carbocycles. The van der Waals surface area contributed by atoms with Gasteiger partial charge in [-0.05, 0) is 46.6 Å².